The van der Waals surface area contributed by atoms with Crippen LogP contribution in [0.1, 0.15) is 29.8 Å². The lowest BCUT2D eigenvalue weighted by molar-refractivity contribution is 0.0599. The number of halogens is 1. The predicted molar refractivity (Wildman–Crippen MR) is 66.1 cm³/mol. The van der Waals surface area contributed by atoms with Crippen molar-refractivity contribution < 1.29 is 9.53 Å². The summed E-state index contributed by atoms with van der Waals surface area (Å²) in [5.74, 6) is -0.414. The molecule has 16 heavy (non-hydrogen) atoms. The summed E-state index contributed by atoms with van der Waals surface area (Å²) in [7, 11) is 1.32. The predicted octanol–water partition coefficient (Wildman–Crippen LogP) is 3.33. The molecule has 0 spiro atoms. The summed E-state index contributed by atoms with van der Waals surface area (Å²) >= 11 is 3.28. The molecule has 0 saturated heterocycles. The number of benzene rings is 1. The largest absolute Gasteiger partial charge is 0.465 e. The quantitative estimate of drug-likeness (QED) is 0.783. The van der Waals surface area contributed by atoms with Gasteiger partial charge in [0.15, 0.2) is 0 Å². The Morgan fingerprint density at radius 3 is 2.62 bits per heavy atom. The van der Waals surface area contributed by atoms with Crippen molar-refractivity contribution in [1.29, 1.82) is 5.26 Å². The molecule has 86 valence electrons. The molecule has 1 rings (SSSR count). The van der Waals surface area contributed by atoms with Crippen LogP contribution in [0.2, 0.25) is 0 Å². The minimum atomic E-state index is -0.414. The van der Waals surface area contributed by atoms with Crippen molar-refractivity contribution in [2.75, 3.05) is 7.11 Å². The zero-order valence-corrected chi connectivity index (χ0v) is 11.2. The van der Waals surface area contributed by atoms with Crippen molar-refractivity contribution in [2.45, 2.75) is 20.3 Å². The lowest BCUT2D eigenvalue weighted by Crippen LogP contribution is -2.05. The number of nitriles is 1. The number of methoxy groups -OCH3 is 1. The van der Waals surface area contributed by atoms with E-state index in [0.717, 1.165) is 4.47 Å². The Morgan fingerprint density at radius 2 is 2.12 bits per heavy atom. The number of carbonyl (C=O) groups is 1. The maximum atomic E-state index is 11.3. The first-order valence-corrected chi connectivity index (χ1v) is 5.72. The fourth-order valence-corrected chi connectivity index (χ4v) is 1.51. The number of hydrogen-bond acceptors (Lipinski definition) is 3. The smallest absolute Gasteiger partial charge is 0.338 e. The van der Waals surface area contributed by atoms with Crippen molar-refractivity contribution in [1.82, 2.24) is 0 Å². The van der Waals surface area contributed by atoms with Gasteiger partial charge in [-0.3, -0.25) is 0 Å². The number of esters is 1. The van der Waals surface area contributed by atoms with Crippen LogP contribution in [-0.4, -0.2) is 13.1 Å². The summed E-state index contributed by atoms with van der Waals surface area (Å²) in [6.45, 7) is 4.00. The Hall–Kier alpha value is -1.34. The van der Waals surface area contributed by atoms with Gasteiger partial charge in [-0.2, -0.15) is 5.26 Å². The first-order chi connectivity index (χ1) is 7.69. The normalized spacial score (nSPS) is 8.44. The lowest BCUT2D eigenvalue weighted by atomic mass is 10.1. The van der Waals surface area contributed by atoms with Crippen molar-refractivity contribution in [3.8, 4) is 6.07 Å². The summed E-state index contributed by atoms with van der Waals surface area (Å²) < 4.78 is 5.44. The third-order valence-electron chi connectivity index (χ3n) is 1.74. The fraction of sp³-hybridized carbons (Fsp3) is 0.333. The monoisotopic (exact) mass is 283 g/mol. The van der Waals surface area contributed by atoms with E-state index in [9.17, 15) is 4.79 Å². The molecular formula is C12H14BrNO2. The fourth-order valence-electron chi connectivity index (χ4n) is 1.10. The molecule has 0 atom stereocenters. The molecule has 0 bridgehead atoms. The van der Waals surface area contributed by atoms with Crippen molar-refractivity contribution in [3.63, 3.8) is 0 Å². The van der Waals surface area contributed by atoms with Gasteiger partial charge in [-0.15, -0.1) is 0 Å². The molecule has 0 N–H and O–H groups in total. The Morgan fingerprint density at radius 1 is 1.50 bits per heavy atom. The molecule has 0 radical (unpaired) electrons. The van der Waals surface area contributed by atoms with E-state index in [4.69, 9.17) is 5.26 Å². The minimum Gasteiger partial charge on any atom is -0.465 e. The van der Waals surface area contributed by atoms with Crippen molar-refractivity contribution >= 4 is 21.9 Å². The second kappa shape index (κ2) is 7.89. The summed E-state index contributed by atoms with van der Waals surface area (Å²) in [6, 6.07) is 7.13. The molecular weight excluding hydrogens is 270 g/mol. The zero-order chi connectivity index (χ0) is 12.6. The standard InChI is InChI=1S/C10H8BrNO2.C2H6/c1-14-10(13)9-3-2-8(11)6-7(9)4-5-12;1-2/h2-3,6H,4H2,1H3;1-2H3. The van der Waals surface area contributed by atoms with Gasteiger partial charge in [0.05, 0.1) is 25.2 Å². The van der Waals surface area contributed by atoms with Crippen molar-refractivity contribution in [3.05, 3.63) is 33.8 Å². The van der Waals surface area contributed by atoms with Gasteiger partial charge >= 0.3 is 5.97 Å². The van der Waals surface area contributed by atoms with Crippen LogP contribution in [0.3, 0.4) is 0 Å². The van der Waals surface area contributed by atoms with E-state index in [-0.39, 0.29) is 6.42 Å². The first kappa shape index (κ1) is 14.7. The molecule has 4 heteroatoms. The maximum absolute atomic E-state index is 11.3. The molecule has 0 aliphatic carbocycles. The van der Waals surface area contributed by atoms with E-state index < -0.39 is 5.97 Å². The van der Waals surface area contributed by atoms with Gasteiger partial charge in [-0.25, -0.2) is 4.79 Å². The molecule has 1 aromatic rings. The van der Waals surface area contributed by atoms with Gasteiger partial charge in [0.25, 0.3) is 0 Å². The number of ether oxygens (including phenoxy) is 1. The van der Waals surface area contributed by atoms with E-state index in [1.54, 1.807) is 18.2 Å². The minimum absolute atomic E-state index is 0.198. The van der Waals surface area contributed by atoms with Crippen LogP contribution in [0, 0.1) is 11.3 Å². The van der Waals surface area contributed by atoms with E-state index in [1.807, 2.05) is 19.9 Å². The third-order valence-corrected chi connectivity index (χ3v) is 2.24. The third kappa shape index (κ3) is 4.03. The second-order valence-corrected chi connectivity index (χ2v) is 3.54. The highest BCUT2D eigenvalue weighted by atomic mass is 79.9. The first-order valence-electron chi connectivity index (χ1n) is 4.92. The van der Waals surface area contributed by atoms with Crippen molar-refractivity contribution in [2.24, 2.45) is 0 Å². The molecule has 0 saturated carbocycles. The van der Waals surface area contributed by atoms with E-state index in [2.05, 4.69) is 20.7 Å². The highest BCUT2D eigenvalue weighted by molar-refractivity contribution is 9.10. The number of nitrogens with zero attached hydrogens (tertiary/aromatic N) is 1. The molecule has 1 aromatic carbocycles. The second-order valence-electron chi connectivity index (χ2n) is 2.63. The van der Waals surface area contributed by atoms with Gasteiger partial charge < -0.3 is 4.74 Å². The summed E-state index contributed by atoms with van der Waals surface area (Å²) in [6.07, 6.45) is 0.198. The topological polar surface area (TPSA) is 50.1 Å². The summed E-state index contributed by atoms with van der Waals surface area (Å²) in [4.78, 5) is 11.3. The molecule has 0 aromatic heterocycles. The molecule has 0 unspecified atom stereocenters. The Labute approximate surface area is 104 Å². The highest BCUT2D eigenvalue weighted by Gasteiger charge is 2.11. The van der Waals surface area contributed by atoms with E-state index in [0.29, 0.717) is 11.1 Å². The van der Waals surface area contributed by atoms with Gasteiger partial charge in [0, 0.05) is 4.47 Å². The molecule has 0 heterocycles. The Bertz CT molecular complexity index is 396. The average molecular weight is 284 g/mol. The van der Waals surface area contributed by atoms with Crippen LogP contribution in [0.15, 0.2) is 22.7 Å². The van der Waals surface area contributed by atoms with Crippen LogP contribution in [0.25, 0.3) is 0 Å². The SMILES string of the molecule is CC.COC(=O)c1ccc(Br)cc1CC#N. The van der Waals surface area contributed by atoms with Crippen LogP contribution in [0.5, 0.6) is 0 Å². The lowest BCUT2D eigenvalue weighted by Gasteiger charge is -2.04. The van der Waals surface area contributed by atoms with Gasteiger partial charge in [-0.1, -0.05) is 29.8 Å². The molecule has 0 amide bonds. The van der Waals surface area contributed by atoms with Gasteiger partial charge in [-0.05, 0) is 23.8 Å². The van der Waals surface area contributed by atoms with Crippen LogP contribution >= 0.6 is 15.9 Å². The molecule has 0 aliphatic heterocycles. The Balaban J connectivity index is 0.00000106. The number of carbonyl (C=O) groups excluding carboxylic acids is 1. The van der Waals surface area contributed by atoms with Crippen LogP contribution in [0.4, 0.5) is 0 Å². The Kier molecular flexibility index (Phi) is 7.23. The summed E-state index contributed by atoms with van der Waals surface area (Å²) in [5.41, 5.74) is 1.12. The number of hydrogen-bond donors (Lipinski definition) is 0. The number of rotatable bonds is 2. The zero-order valence-electron chi connectivity index (χ0n) is 9.58. The van der Waals surface area contributed by atoms with E-state index >= 15 is 0 Å². The maximum Gasteiger partial charge on any atom is 0.338 e. The average Bonchev–Trinajstić information content (AvgIpc) is 2.31. The van der Waals surface area contributed by atoms with Crippen LogP contribution < -0.4 is 0 Å². The highest BCUT2D eigenvalue weighted by Crippen LogP contribution is 2.17. The molecule has 0 aliphatic rings. The molecule has 0 fully saturated rings. The summed E-state index contributed by atoms with van der Waals surface area (Å²) in [5, 5.41) is 8.57. The van der Waals surface area contributed by atoms with E-state index in [1.165, 1.54) is 7.11 Å². The molecule has 3 nitrogen and oxygen atoms in total. The van der Waals surface area contributed by atoms with Gasteiger partial charge in [0.1, 0.15) is 0 Å². The van der Waals surface area contributed by atoms with Crippen LogP contribution in [-0.2, 0) is 11.2 Å². The van der Waals surface area contributed by atoms with Gasteiger partial charge in [0.2, 0.25) is 0 Å².